The van der Waals surface area contributed by atoms with Gasteiger partial charge in [-0.25, -0.2) is 4.79 Å². The number of hydrogen-bond donors (Lipinski definition) is 1. The average Bonchev–Trinajstić information content (AvgIpc) is 3.05. The molecule has 7 nitrogen and oxygen atoms in total. The fourth-order valence-electron chi connectivity index (χ4n) is 3.86. The van der Waals surface area contributed by atoms with Crippen molar-refractivity contribution in [1.82, 2.24) is 15.1 Å². The Hall–Kier alpha value is -3.24. The van der Waals surface area contributed by atoms with Crippen LogP contribution in [0.5, 0.6) is 11.5 Å². The molecule has 0 aliphatic carbocycles. The van der Waals surface area contributed by atoms with E-state index in [1.165, 1.54) is 5.56 Å². The Balaban J connectivity index is 1.27. The third-order valence-electron chi connectivity index (χ3n) is 5.76. The highest BCUT2D eigenvalue weighted by atomic mass is 16.5. The maximum Gasteiger partial charge on any atom is 0.317 e. The lowest BCUT2D eigenvalue weighted by Crippen LogP contribution is -2.51. The first-order valence-corrected chi connectivity index (χ1v) is 10.8. The van der Waals surface area contributed by atoms with Crippen molar-refractivity contribution in [2.45, 2.75) is 25.9 Å². The fraction of sp³-hybridized carbons (Fsp3) is 0.417. The maximum absolute atomic E-state index is 12.8. The SMILES string of the molecule is CC(NC(=O)N1CCN(Cc2ccc(C#N)cc2)CC1)c1ccc2c(c1)OCCCO2. The summed E-state index contributed by atoms with van der Waals surface area (Å²) in [5.41, 5.74) is 2.85. The van der Waals surface area contributed by atoms with Crippen molar-refractivity contribution in [3.63, 3.8) is 0 Å². The zero-order valence-electron chi connectivity index (χ0n) is 17.8. The highest BCUT2D eigenvalue weighted by molar-refractivity contribution is 5.75. The summed E-state index contributed by atoms with van der Waals surface area (Å²) in [6.45, 7) is 7.15. The average molecular weight is 421 g/mol. The Labute approximate surface area is 183 Å². The van der Waals surface area contributed by atoms with Gasteiger partial charge >= 0.3 is 6.03 Å². The van der Waals surface area contributed by atoms with Gasteiger partial charge < -0.3 is 19.7 Å². The summed E-state index contributed by atoms with van der Waals surface area (Å²) in [6, 6.07) is 15.5. The van der Waals surface area contributed by atoms with Gasteiger partial charge in [-0.15, -0.1) is 0 Å². The molecule has 2 aliphatic heterocycles. The minimum absolute atomic E-state index is 0.0439. The predicted octanol–water partition coefficient (Wildman–Crippen LogP) is 3.31. The third kappa shape index (κ3) is 5.28. The molecule has 1 unspecified atom stereocenters. The Kier molecular flexibility index (Phi) is 6.58. The number of fused-ring (bicyclic) bond motifs is 1. The Morgan fingerprint density at radius 2 is 1.77 bits per heavy atom. The topological polar surface area (TPSA) is 77.8 Å². The second-order valence-corrected chi connectivity index (χ2v) is 8.00. The first-order chi connectivity index (χ1) is 15.1. The van der Waals surface area contributed by atoms with E-state index in [9.17, 15) is 4.79 Å². The van der Waals surface area contributed by atoms with Gasteiger partial charge in [0.15, 0.2) is 11.5 Å². The summed E-state index contributed by atoms with van der Waals surface area (Å²) in [4.78, 5) is 17.0. The molecule has 0 radical (unpaired) electrons. The smallest absolute Gasteiger partial charge is 0.317 e. The number of amides is 2. The molecule has 2 aromatic carbocycles. The highest BCUT2D eigenvalue weighted by Gasteiger charge is 2.23. The molecule has 1 saturated heterocycles. The molecule has 0 saturated carbocycles. The minimum Gasteiger partial charge on any atom is -0.490 e. The molecule has 2 heterocycles. The summed E-state index contributed by atoms with van der Waals surface area (Å²) in [6.07, 6.45) is 0.869. The highest BCUT2D eigenvalue weighted by Crippen LogP contribution is 2.32. The zero-order chi connectivity index (χ0) is 21.6. The van der Waals surface area contributed by atoms with E-state index < -0.39 is 0 Å². The van der Waals surface area contributed by atoms with Gasteiger partial charge in [-0.3, -0.25) is 4.90 Å². The number of nitriles is 1. The number of benzene rings is 2. The molecule has 2 amide bonds. The van der Waals surface area contributed by atoms with Crippen molar-refractivity contribution >= 4 is 6.03 Å². The van der Waals surface area contributed by atoms with Crippen molar-refractivity contribution in [1.29, 1.82) is 5.26 Å². The molecular formula is C24H28N4O3. The van der Waals surface area contributed by atoms with Gasteiger partial charge in [-0.2, -0.15) is 5.26 Å². The molecule has 1 atom stereocenters. The van der Waals surface area contributed by atoms with Gasteiger partial charge in [0.25, 0.3) is 0 Å². The fourth-order valence-corrected chi connectivity index (χ4v) is 3.86. The first kappa shape index (κ1) is 21.0. The molecule has 4 rings (SSSR count). The molecule has 0 spiro atoms. The zero-order valence-corrected chi connectivity index (χ0v) is 17.8. The molecular weight excluding hydrogens is 392 g/mol. The minimum atomic E-state index is -0.124. The van der Waals surface area contributed by atoms with Gasteiger partial charge in [0.2, 0.25) is 0 Å². The number of nitrogens with zero attached hydrogens (tertiary/aromatic N) is 3. The van der Waals surface area contributed by atoms with E-state index in [1.807, 2.05) is 54.3 Å². The second-order valence-electron chi connectivity index (χ2n) is 8.00. The van der Waals surface area contributed by atoms with Crippen LogP contribution >= 0.6 is 0 Å². The van der Waals surface area contributed by atoms with Gasteiger partial charge in [-0.1, -0.05) is 18.2 Å². The van der Waals surface area contributed by atoms with Gasteiger partial charge in [0.05, 0.1) is 30.9 Å². The Bertz CT molecular complexity index is 946. The molecule has 1 N–H and O–H groups in total. The molecule has 2 aliphatic rings. The van der Waals surface area contributed by atoms with Crippen LogP contribution in [0.1, 0.15) is 36.1 Å². The van der Waals surface area contributed by atoms with E-state index in [4.69, 9.17) is 14.7 Å². The Morgan fingerprint density at radius 1 is 1.06 bits per heavy atom. The van der Waals surface area contributed by atoms with E-state index >= 15 is 0 Å². The monoisotopic (exact) mass is 420 g/mol. The first-order valence-electron chi connectivity index (χ1n) is 10.8. The van der Waals surface area contributed by atoms with Crippen molar-refractivity contribution < 1.29 is 14.3 Å². The Morgan fingerprint density at radius 3 is 2.48 bits per heavy atom. The van der Waals surface area contributed by atoms with Gasteiger partial charge in [-0.05, 0) is 42.3 Å². The number of nitrogens with one attached hydrogen (secondary N) is 1. The van der Waals surface area contributed by atoms with Crippen LogP contribution in [0.15, 0.2) is 42.5 Å². The van der Waals surface area contributed by atoms with Crippen LogP contribution in [0.2, 0.25) is 0 Å². The number of carbonyl (C=O) groups is 1. The lowest BCUT2D eigenvalue weighted by molar-refractivity contribution is 0.133. The van der Waals surface area contributed by atoms with Crippen LogP contribution in [0.25, 0.3) is 0 Å². The van der Waals surface area contributed by atoms with Crippen molar-refractivity contribution in [2.24, 2.45) is 0 Å². The van der Waals surface area contributed by atoms with E-state index in [0.717, 1.165) is 43.1 Å². The number of rotatable bonds is 4. The van der Waals surface area contributed by atoms with Crippen LogP contribution in [0, 0.1) is 11.3 Å². The number of urea groups is 1. The molecule has 162 valence electrons. The standard InChI is InChI=1S/C24H28N4O3/c1-18(21-7-8-22-23(15-21)31-14-2-13-30-22)26-24(29)28-11-9-27(10-12-28)17-20-5-3-19(16-25)4-6-20/h3-8,15,18H,2,9-14,17H2,1H3,(H,26,29). The summed E-state index contributed by atoms with van der Waals surface area (Å²) in [7, 11) is 0. The summed E-state index contributed by atoms with van der Waals surface area (Å²) in [5.74, 6) is 1.51. The van der Waals surface area contributed by atoms with E-state index in [0.29, 0.717) is 31.9 Å². The maximum atomic E-state index is 12.8. The second kappa shape index (κ2) is 9.71. The van der Waals surface area contributed by atoms with Crippen molar-refractivity contribution in [3.8, 4) is 17.6 Å². The molecule has 0 bridgehead atoms. The number of ether oxygens (including phenoxy) is 2. The van der Waals surface area contributed by atoms with Crippen LogP contribution in [0.3, 0.4) is 0 Å². The summed E-state index contributed by atoms with van der Waals surface area (Å²) < 4.78 is 11.4. The lowest BCUT2D eigenvalue weighted by Gasteiger charge is -2.35. The third-order valence-corrected chi connectivity index (χ3v) is 5.76. The molecule has 31 heavy (non-hydrogen) atoms. The molecule has 1 fully saturated rings. The largest absolute Gasteiger partial charge is 0.490 e. The van der Waals surface area contributed by atoms with Crippen LogP contribution in [-0.2, 0) is 6.54 Å². The normalized spacial score (nSPS) is 17.4. The molecule has 2 aromatic rings. The van der Waals surface area contributed by atoms with Crippen molar-refractivity contribution in [2.75, 3.05) is 39.4 Å². The quantitative estimate of drug-likeness (QED) is 0.821. The molecule has 0 aromatic heterocycles. The van der Waals surface area contributed by atoms with Gasteiger partial charge in [0.1, 0.15) is 0 Å². The number of piperazine rings is 1. The summed E-state index contributed by atoms with van der Waals surface area (Å²) in [5, 5.41) is 12.0. The van der Waals surface area contributed by atoms with Crippen LogP contribution in [0.4, 0.5) is 4.79 Å². The van der Waals surface area contributed by atoms with Gasteiger partial charge in [0, 0.05) is 39.1 Å². The number of carbonyl (C=O) groups excluding carboxylic acids is 1. The van der Waals surface area contributed by atoms with Crippen LogP contribution in [-0.4, -0.2) is 55.2 Å². The van der Waals surface area contributed by atoms with Crippen LogP contribution < -0.4 is 14.8 Å². The van der Waals surface area contributed by atoms with Crippen molar-refractivity contribution in [3.05, 3.63) is 59.2 Å². The van der Waals surface area contributed by atoms with E-state index in [2.05, 4.69) is 16.3 Å². The number of hydrogen-bond acceptors (Lipinski definition) is 5. The lowest BCUT2D eigenvalue weighted by atomic mass is 10.1. The predicted molar refractivity (Wildman–Crippen MR) is 117 cm³/mol. The van der Waals surface area contributed by atoms with E-state index in [1.54, 1.807) is 0 Å². The molecule has 7 heteroatoms. The van der Waals surface area contributed by atoms with E-state index in [-0.39, 0.29) is 12.1 Å². The summed E-state index contributed by atoms with van der Waals surface area (Å²) >= 11 is 0.